The molecule has 2 rings (SSSR count). The molecule has 2 heterocycles. The first-order chi connectivity index (χ1) is 11.7. The van der Waals surface area contributed by atoms with Crippen molar-refractivity contribution < 1.29 is 19.1 Å². The highest BCUT2D eigenvalue weighted by molar-refractivity contribution is 7.12. The van der Waals surface area contributed by atoms with Crippen LogP contribution < -0.4 is 5.32 Å². The van der Waals surface area contributed by atoms with Crippen LogP contribution in [0.15, 0.2) is 17.5 Å². The Balaban J connectivity index is 1.81. The topological polar surface area (TPSA) is 75.7 Å². The summed E-state index contributed by atoms with van der Waals surface area (Å²) in [5.74, 6) is -0.914. The summed E-state index contributed by atoms with van der Waals surface area (Å²) in [6.07, 6.45) is 0.296. The Morgan fingerprint density at radius 3 is 2.44 bits per heavy atom. The third-order valence-corrected chi connectivity index (χ3v) is 4.87. The van der Waals surface area contributed by atoms with Gasteiger partial charge in [0.1, 0.15) is 0 Å². The molecule has 1 aliphatic rings. The number of likely N-dealkylation sites (tertiary alicyclic amines) is 1. The first-order valence-electron chi connectivity index (χ1n) is 8.52. The summed E-state index contributed by atoms with van der Waals surface area (Å²) in [6, 6.07) is 3.66. The van der Waals surface area contributed by atoms with Crippen LogP contribution in [-0.4, -0.2) is 47.4 Å². The minimum absolute atomic E-state index is 0.0136. The Kier molecular flexibility index (Phi) is 6.21. The molecule has 25 heavy (non-hydrogen) atoms. The second-order valence-electron chi connectivity index (χ2n) is 7.36. The molecular formula is C18H26N2O4S. The maximum Gasteiger partial charge on any atom is 0.309 e. The minimum atomic E-state index is -0.822. The van der Waals surface area contributed by atoms with Crippen LogP contribution in [0.25, 0.3) is 0 Å². The summed E-state index contributed by atoms with van der Waals surface area (Å²) in [5, 5.41) is 4.67. The lowest BCUT2D eigenvalue weighted by Crippen LogP contribution is -2.47. The van der Waals surface area contributed by atoms with Crippen LogP contribution in [0.1, 0.15) is 50.2 Å². The van der Waals surface area contributed by atoms with Crippen molar-refractivity contribution in [2.24, 2.45) is 5.92 Å². The Hall–Kier alpha value is -1.89. The summed E-state index contributed by atoms with van der Waals surface area (Å²) in [5.41, 5.74) is -0.370. The quantitative estimate of drug-likeness (QED) is 0.831. The summed E-state index contributed by atoms with van der Waals surface area (Å²) in [7, 11) is 0. The van der Waals surface area contributed by atoms with E-state index in [9.17, 15) is 14.4 Å². The van der Waals surface area contributed by atoms with Crippen LogP contribution in [0.2, 0.25) is 0 Å². The molecule has 1 aromatic rings. The maximum atomic E-state index is 12.3. The number of nitrogens with one attached hydrogen (secondary N) is 1. The third-order valence-electron chi connectivity index (χ3n) is 4.01. The molecule has 1 saturated heterocycles. The van der Waals surface area contributed by atoms with E-state index in [0.717, 1.165) is 0 Å². The van der Waals surface area contributed by atoms with Crippen LogP contribution in [0.4, 0.5) is 0 Å². The summed E-state index contributed by atoms with van der Waals surface area (Å²) >= 11 is 1.42. The number of amides is 2. The van der Waals surface area contributed by atoms with Crippen LogP contribution in [0.3, 0.4) is 0 Å². The van der Waals surface area contributed by atoms with Crippen LogP contribution in [0, 0.1) is 5.92 Å². The lowest BCUT2D eigenvalue weighted by atomic mass is 9.97. The van der Waals surface area contributed by atoms with E-state index in [2.05, 4.69) is 5.32 Å². The Bertz CT molecular complexity index is 614. The largest absolute Gasteiger partial charge is 0.452 e. The number of nitrogens with zero attached hydrogens (tertiary/aromatic N) is 1. The van der Waals surface area contributed by atoms with Crippen LogP contribution >= 0.6 is 11.3 Å². The molecule has 0 radical (unpaired) electrons. The van der Waals surface area contributed by atoms with Crippen molar-refractivity contribution in [2.45, 2.75) is 52.2 Å². The molecule has 1 aliphatic heterocycles. The van der Waals surface area contributed by atoms with Crippen molar-refractivity contribution >= 4 is 29.1 Å². The molecule has 0 aliphatic carbocycles. The van der Waals surface area contributed by atoms with Gasteiger partial charge in [-0.2, -0.15) is 0 Å². The first-order valence-corrected chi connectivity index (χ1v) is 9.40. The van der Waals surface area contributed by atoms with E-state index in [-0.39, 0.29) is 29.2 Å². The Labute approximate surface area is 152 Å². The van der Waals surface area contributed by atoms with Gasteiger partial charge in [-0.1, -0.05) is 6.07 Å². The van der Waals surface area contributed by atoms with Gasteiger partial charge in [0.2, 0.25) is 0 Å². The molecule has 6 nitrogen and oxygen atoms in total. The van der Waals surface area contributed by atoms with Crippen molar-refractivity contribution in [3.05, 3.63) is 22.4 Å². The highest BCUT2D eigenvalue weighted by Crippen LogP contribution is 2.22. The molecule has 7 heteroatoms. The Morgan fingerprint density at radius 2 is 1.92 bits per heavy atom. The minimum Gasteiger partial charge on any atom is -0.452 e. The molecule has 0 spiro atoms. The zero-order valence-electron chi connectivity index (χ0n) is 15.2. The number of piperidine rings is 1. The fourth-order valence-corrected chi connectivity index (χ4v) is 3.36. The molecular weight excluding hydrogens is 340 g/mol. The van der Waals surface area contributed by atoms with Gasteiger partial charge in [-0.3, -0.25) is 14.4 Å². The van der Waals surface area contributed by atoms with Crippen molar-refractivity contribution in [3.8, 4) is 0 Å². The average molecular weight is 366 g/mol. The van der Waals surface area contributed by atoms with E-state index in [1.54, 1.807) is 11.8 Å². The van der Waals surface area contributed by atoms with Crippen LogP contribution in [0.5, 0.6) is 0 Å². The number of hydrogen-bond acceptors (Lipinski definition) is 5. The fraction of sp³-hybridized carbons (Fsp3) is 0.611. The number of hydrogen-bond donors (Lipinski definition) is 1. The van der Waals surface area contributed by atoms with Gasteiger partial charge in [0.15, 0.2) is 6.10 Å². The monoisotopic (exact) mass is 366 g/mol. The SMILES string of the molecule is C[C@@H](OC(=O)C1CCN(C(=O)c2cccs2)CC1)C(=O)NC(C)(C)C. The third kappa shape index (κ3) is 5.56. The zero-order valence-corrected chi connectivity index (χ0v) is 16.0. The molecule has 1 fully saturated rings. The standard InChI is InChI=1S/C18H26N2O4S/c1-12(15(21)19-18(2,3)4)24-17(23)13-7-9-20(10-8-13)16(22)14-6-5-11-25-14/h5-6,11-13H,7-10H2,1-4H3,(H,19,21)/t12-/m1/s1. The first kappa shape index (κ1) is 19.4. The van der Waals surface area contributed by atoms with E-state index >= 15 is 0 Å². The normalized spacial score (nSPS) is 17.0. The van der Waals surface area contributed by atoms with Gasteiger partial charge < -0.3 is 15.0 Å². The smallest absolute Gasteiger partial charge is 0.309 e. The number of carbonyl (C=O) groups is 3. The molecule has 1 N–H and O–H groups in total. The average Bonchev–Trinajstić information content (AvgIpc) is 3.07. The number of thiophene rings is 1. The van der Waals surface area contributed by atoms with E-state index in [1.165, 1.54) is 11.3 Å². The van der Waals surface area contributed by atoms with E-state index in [4.69, 9.17) is 4.74 Å². The molecule has 0 aromatic carbocycles. The number of rotatable bonds is 4. The van der Waals surface area contributed by atoms with E-state index in [0.29, 0.717) is 30.8 Å². The zero-order chi connectivity index (χ0) is 18.6. The predicted molar refractivity (Wildman–Crippen MR) is 96.4 cm³/mol. The van der Waals surface area contributed by atoms with Crippen molar-refractivity contribution in [1.82, 2.24) is 10.2 Å². The molecule has 138 valence electrons. The predicted octanol–water partition coefficient (Wildman–Crippen LogP) is 2.45. The fourth-order valence-electron chi connectivity index (χ4n) is 2.67. The summed E-state index contributed by atoms with van der Waals surface area (Å²) < 4.78 is 5.31. The van der Waals surface area contributed by atoms with Crippen LogP contribution in [-0.2, 0) is 14.3 Å². The van der Waals surface area contributed by atoms with Gasteiger partial charge in [-0.25, -0.2) is 0 Å². The summed E-state index contributed by atoms with van der Waals surface area (Å²) in [4.78, 5) is 39.1. The number of ether oxygens (including phenoxy) is 1. The van der Waals surface area contributed by atoms with E-state index in [1.807, 2.05) is 38.3 Å². The highest BCUT2D eigenvalue weighted by Gasteiger charge is 2.31. The number of esters is 1. The van der Waals surface area contributed by atoms with E-state index < -0.39 is 6.10 Å². The lowest BCUT2D eigenvalue weighted by molar-refractivity contribution is -0.160. The van der Waals surface area contributed by atoms with Crippen molar-refractivity contribution in [3.63, 3.8) is 0 Å². The second-order valence-corrected chi connectivity index (χ2v) is 8.31. The van der Waals surface area contributed by atoms with Crippen molar-refractivity contribution in [2.75, 3.05) is 13.1 Å². The maximum absolute atomic E-state index is 12.3. The van der Waals surface area contributed by atoms with Gasteiger partial charge in [0, 0.05) is 18.6 Å². The van der Waals surface area contributed by atoms with Gasteiger partial charge in [0.25, 0.3) is 11.8 Å². The Morgan fingerprint density at radius 1 is 1.28 bits per heavy atom. The molecule has 2 amide bonds. The van der Waals surface area contributed by atoms with Gasteiger partial charge in [0.05, 0.1) is 10.8 Å². The summed E-state index contributed by atoms with van der Waals surface area (Å²) in [6.45, 7) is 8.26. The number of carbonyl (C=O) groups excluding carboxylic acids is 3. The second kappa shape index (κ2) is 7.99. The van der Waals surface area contributed by atoms with Crippen molar-refractivity contribution in [1.29, 1.82) is 0 Å². The molecule has 0 bridgehead atoms. The molecule has 1 atom stereocenters. The molecule has 1 aromatic heterocycles. The lowest BCUT2D eigenvalue weighted by Gasteiger charge is -2.31. The highest BCUT2D eigenvalue weighted by atomic mass is 32.1. The van der Waals surface area contributed by atoms with Gasteiger partial charge >= 0.3 is 5.97 Å². The molecule has 0 unspecified atom stereocenters. The molecule has 0 saturated carbocycles. The van der Waals surface area contributed by atoms with Gasteiger partial charge in [-0.15, -0.1) is 11.3 Å². The van der Waals surface area contributed by atoms with Gasteiger partial charge in [-0.05, 0) is 52.0 Å².